The lowest BCUT2D eigenvalue weighted by molar-refractivity contribution is 0.0928. The molecule has 110 valence electrons. The van der Waals surface area contributed by atoms with E-state index in [2.05, 4.69) is 29.5 Å². The number of hydrogen-bond acceptors (Lipinski definition) is 3. The fraction of sp³-hybridized carbons (Fsp3) is 0.625. The van der Waals surface area contributed by atoms with E-state index in [0.717, 1.165) is 18.7 Å². The molecule has 2 rings (SSSR count). The number of aromatic nitrogens is 1. The first kappa shape index (κ1) is 14.8. The summed E-state index contributed by atoms with van der Waals surface area (Å²) < 4.78 is 0. The molecular formula is C16H25N3O. The number of anilines is 1. The van der Waals surface area contributed by atoms with E-state index in [1.807, 2.05) is 0 Å². The second kappa shape index (κ2) is 7.27. The quantitative estimate of drug-likeness (QED) is 0.838. The van der Waals surface area contributed by atoms with Gasteiger partial charge in [-0.2, -0.15) is 0 Å². The Labute approximate surface area is 121 Å². The van der Waals surface area contributed by atoms with E-state index in [0.29, 0.717) is 11.5 Å². The molecule has 2 N–H and O–H groups in total. The molecule has 1 saturated carbocycles. The minimum absolute atomic E-state index is 0.00500. The first-order valence-corrected chi connectivity index (χ1v) is 7.71. The zero-order chi connectivity index (χ0) is 14.4. The van der Waals surface area contributed by atoms with Gasteiger partial charge in [0.2, 0.25) is 0 Å². The highest BCUT2D eigenvalue weighted by atomic mass is 16.1. The molecule has 0 aliphatic heterocycles. The van der Waals surface area contributed by atoms with E-state index in [-0.39, 0.29) is 11.9 Å². The monoisotopic (exact) mass is 275 g/mol. The van der Waals surface area contributed by atoms with Crippen molar-refractivity contribution >= 4 is 11.6 Å². The molecule has 1 aliphatic rings. The minimum atomic E-state index is 0.00500. The smallest absolute Gasteiger partial charge is 0.253 e. The number of rotatable bonds is 6. The van der Waals surface area contributed by atoms with Crippen molar-refractivity contribution < 1.29 is 4.79 Å². The van der Waals surface area contributed by atoms with Gasteiger partial charge in [-0.3, -0.25) is 9.78 Å². The third-order valence-corrected chi connectivity index (χ3v) is 4.10. The lowest BCUT2D eigenvalue weighted by atomic mass is 9.99. The molecule has 1 fully saturated rings. The van der Waals surface area contributed by atoms with Crippen LogP contribution in [-0.2, 0) is 0 Å². The molecule has 0 radical (unpaired) electrons. The number of amides is 1. The van der Waals surface area contributed by atoms with Gasteiger partial charge in [-0.15, -0.1) is 0 Å². The minimum Gasteiger partial charge on any atom is -0.383 e. The van der Waals surface area contributed by atoms with Crippen molar-refractivity contribution in [1.29, 1.82) is 0 Å². The fourth-order valence-electron chi connectivity index (χ4n) is 2.85. The zero-order valence-electron chi connectivity index (χ0n) is 12.5. The molecule has 0 spiro atoms. The molecule has 1 unspecified atom stereocenters. The average Bonchev–Trinajstić information content (AvgIpc) is 2.99. The molecule has 4 nitrogen and oxygen atoms in total. The topological polar surface area (TPSA) is 54.0 Å². The summed E-state index contributed by atoms with van der Waals surface area (Å²) in [5, 5.41) is 6.41. The van der Waals surface area contributed by atoms with E-state index < -0.39 is 0 Å². The van der Waals surface area contributed by atoms with Gasteiger partial charge < -0.3 is 10.6 Å². The Hall–Kier alpha value is -1.58. The molecule has 0 bridgehead atoms. The summed E-state index contributed by atoms with van der Waals surface area (Å²) in [5.41, 5.74) is 1.52. The van der Waals surface area contributed by atoms with Crippen LogP contribution in [0.1, 0.15) is 56.3 Å². The lowest BCUT2D eigenvalue weighted by Crippen LogP contribution is -2.37. The zero-order valence-corrected chi connectivity index (χ0v) is 12.5. The molecule has 1 aliphatic carbocycles. The predicted molar refractivity (Wildman–Crippen MR) is 81.9 cm³/mol. The highest BCUT2D eigenvalue weighted by molar-refractivity contribution is 5.99. The van der Waals surface area contributed by atoms with E-state index in [1.165, 1.54) is 25.7 Å². The van der Waals surface area contributed by atoms with Crippen molar-refractivity contribution in [2.75, 3.05) is 11.9 Å². The number of carbonyl (C=O) groups excluding carboxylic acids is 1. The van der Waals surface area contributed by atoms with Crippen molar-refractivity contribution in [2.24, 2.45) is 5.92 Å². The van der Waals surface area contributed by atoms with Crippen LogP contribution in [0, 0.1) is 5.92 Å². The van der Waals surface area contributed by atoms with Crippen molar-refractivity contribution in [2.45, 2.75) is 52.0 Å². The van der Waals surface area contributed by atoms with Crippen molar-refractivity contribution in [3.63, 3.8) is 0 Å². The van der Waals surface area contributed by atoms with Gasteiger partial charge in [-0.05, 0) is 38.2 Å². The first-order chi connectivity index (χ1) is 9.72. The summed E-state index contributed by atoms with van der Waals surface area (Å²) in [6.45, 7) is 5.07. The molecule has 1 amide bonds. The second-order valence-corrected chi connectivity index (χ2v) is 5.65. The molecule has 0 aromatic carbocycles. The molecular weight excluding hydrogens is 250 g/mol. The van der Waals surface area contributed by atoms with Gasteiger partial charge in [0.15, 0.2) is 0 Å². The molecule has 1 heterocycles. The Morgan fingerprint density at radius 1 is 1.45 bits per heavy atom. The average molecular weight is 275 g/mol. The fourth-order valence-corrected chi connectivity index (χ4v) is 2.85. The lowest BCUT2D eigenvalue weighted by Gasteiger charge is -2.21. The third kappa shape index (κ3) is 3.71. The highest BCUT2D eigenvalue weighted by Crippen LogP contribution is 2.27. The van der Waals surface area contributed by atoms with Crippen LogP contribution in [0.3, 0.4) is 0 Å². The number of hydrogen-bond donors (Lipinski definition) is 2. The summed E-state index contributed by atoms with van der Waals surface area (Å²) in [4.78, 5) is 16.5. The van der Waals surface area contributed by atoms with Crippen LogP contribution in [0.25, 0.3) is 0 Å². The van der Waals surface area contributed by atoms with Crippen LogP contribution >= 0.6 is 0 Å². The highest BCUT2D eigenvalue weighted by Gasteiger charge is 2.23. The van der Waals surface area contributed by atoms with Crippen LogP contribution in [0.5, 0.6) is 0 Å². The van der Waals surface area contributed by atoms with Crippen LogP contribution < -0.4 is 10.6 Å². The summed E-state index contributed by atoms with van der Waals surface area (Å²) in [6.07, 6.45) is 9.48. The first-order valence-electron chi connectivity index (χ1n) is 7.71. The van der Waals surface area contributed by atoms with Gasteiger partial charge in [-0.25, -0.2) is 0 Å². The normalized spacial score (nSPS) is 16.9. The van der Waals surface area contributed by atoms with Crippen LogP contribution in [0.4, 0.5) is 5.69 Å². The number of pyridine rings is 1. The van der Waals surface area contributed by atoms with Crippen molar-refractivity contribution in [3.8, 4) is 0 Å². The van der Waals surface area contributed by atoms with Gasteiger partial charge in [0, 0.05) is 18.8 Å². The Bertz CT molecular complexity index is 441. The van der Waals surface area contributed by atoms with Gasteiger partial charge >= 0.3 is 0 Å². The maximum absolute atomic E-state index is 12.4. The Morgan fingerprint density at radius 2 is 2.20 bits per heavy atom. The number of nitrogens with one attached hydrogen (secondary N) is 2. The summed E-state index contributed by atoms with van der Waals surface area (Å²) >= 11 is 0. The van der Waals surface area contributed by atoms with Crippen LogP contribution in [0.15, 0.2) is 18.5 Å². The third-order valence-electron chi connectivity index (χ3n) is 4.10. The second-order valence-electron chi connectivity index (χ2n) is 5.65. The summed E-state index contributed by atoms with van der Waals surface area (Å²) in [7, 11) is 0. The van der Waals surface area contributed by atoms with Crippen LogP contribution in [-0.4, -0.2) is 23.5 Å². The van der Waals surface area contributed by atoms with Gasteiger partial charge in [0.25, 0.3) is 5.91 Å². The maximum atomic E-state index is 12.4. The molecule has 1 aromatic rings. The molecule has 4 heteroatoms. The van der Waals surface area contributed by atoms with Gasteiger partial charge in [0.1, 0.15) is 0 Å². The Balaban J connectivity index is 2.00. The van der Waals surface area contributed by atoms with E-state index in [9.17, 15) is 4.79 Å². The van der Waals surface area contributed by atoms with E-state index in [4.69, 9.17) is 0 Å². The van der Waals surface area contributed by atoms with Crippen LogP contribution in [0.2, 0.25) is 0 Å². The van der Waals surface area contributed by atoms with E-state index >= 15 is 0 Å². The molecule has 0 saturated heterocycles. The Kier molecular flexibility index (Phi) is 5.39. The molecule has 1 atom stereocenters. The maximum Gasteiger partial charge on any atom is 0.253 e. The standard InChI is InChI=1S/C16H25N3O/c1-3-9-18-15-11-17-10-8-14(15)16(20)19-12(2)13-6-4-5-7-13/h8,10-13,18H,3-7,9H2,1-2H3,(H,19,20). The summed E-state index contributed by atoms with van der Waals surface area (Å²) in [5.74, 6) is 0.637. The number of carbonyl (C=O) groups is 1. The molecule has 1 aromatic heterocycles. The summed E-state index contributed by atoms with van der Waals surface area (Å²) in [6, 6.07) is 2.03. The molecule has 20 heavy (non-hydrogen) atoms. The number of nitrogens with zero attached hydrogens (tertiary/aromatic N) is 1. The van der Waals surface area contributed by atoms with E-state index in [1.54, 1.807) is 18.5 Å². The van der Waals surface area contributed by atoms with Gasteiger partial charge in [0.05, 0.1) is 17.4 Å². The Morgan fingerprint density at radius 3 is 2.90 bits per heavy atom. The SMILES string of the molecule is CCCNc1cnccc1C(=O)NC(C)C1CCCC1. The largest absolute Gasteiger partial charge is 0.383 e. The van der Waals surface area contributed by atoms with Crippen molar-refractivity contribution in [1.82, 2.24) is 10.3 Å². The van der Waals surface area contributed by atoms with Gasteiger partial charge in [-0.1, -0.05) is 19.8 Å². The predicted octanol–water partition coefficient (Wildman–Crippen LogP) is 3.21. The van der Waals surface area contributed by atoms with Crippen molar-refractivity contribution in [3.05, 3.63) is 24.0 Å².